The summed E-state index contributed by atoms with van der Waals surface area (Å²) >= 11 is 1.96. The van der Waals surface area contributed by atoms with Crippen molar-refractivity contribution in [2.45, 2.75) is 29.3 Å². The van der Waals surface area contributed by atoms with Gasteiger partial charge in [-0.1, -0.05) is 22.6 Å². The van der Waals surface area contributed by atoms with Gasteiger partial charge in [0.05, 0.1) is 16.6 Å². The van der Waals surface area contributed by atoms with Crippen molar-refractivity contribution in [2.75, 3.05) is 6.61 Å². The highest BCUT2D eigenvalue weighted by Gasteiger charge is 2.43. The molecule has 7 nitrogen and oxygen atoms in total. The minimum absolute atomic E-state index is 0.325. The maximum absolute atomic E-state index is 11.7. The summed E-state index contributed by atoms with van der Waals surface area (Å²) < 4.78 is 6.27. The van der Waals surface area contributed by atoms with E-state index in [2.05, 4.69) is 4.98 Å². The van der Waals surface area contributed by atoms with E-state index in [1.165, 1.54) is 10.8 Å². The highest BCUT2D eigenvalue weighted by Crippen LogP contribution is 2.33. The number of rotatable bonds is 2. The summed E-state index contributed by atoms with van der Waals surface area (Å²) in [6.07, 6.45) is -0.902. The SMILES string of the molecule is Cc1cn([C@@H]2O[C@H](CO)C(O)C2I)c(=O)[nH]c1=O. The molecule has 1 saturated heterocycles. The van der Waals surface area contributed by atoms with Gasteiger partial charge >= 0.3 is 5.69 Å². The van der Waals surface area contributed by atoms with Crippen molar-refractivity contribution in [3.05, 3.63) is 32.6 Å². The van der Waals surface area contributed by atoms with Crippen LogP contribution in [0, 0.1) is 6.92 Å². The van der Waals surface area contributed by atoms with Gasteiger partial charge in [0.15, 0.2) is 6.23 Å². The first-order chi connectivity index (χ1) is 8.45. The first-order valence-corrected chi connectivity index (χ1v) is 6.60. The van der Waals surface area contributed by atoms with E-state index in [9.17, 15) is 14.7 Å². The van der Waals surface area contributed by atoms with Crippen LogP contribution in [-0.2, 0) is 4.74 Å². The Labute approximate surface area is 116 Å². The molecule has 2 heterocycles. The van der Waals surface area contributed by atoms with Crippen molar-refractivity contribution in [1.82, 2.24) is 9.55 Å². The fourth-order valence-electron chi connectivity index (χ4n) is 1.85. The maximum atomic E-state index is 11.7. The molecule has 1 aliphatic heterocycles. The van der Waals surface area contributed by atoms with Crippen LogP contribution in [0.2, 0.25) is 0 Å². The predicted octanol–water partition coefficient (Wildman–Crippen LogP) is -1.10. The van der Waals surface area contributed by atoms with Crippen molar-refractivity contribution < 1.29 is 14.9 Å². The van der Waals surface area contributed by atoms with Crippen LogP contribution >= 0.6 is 22.6 Å². The van der Waals surface area contributed by atoms with Crippen LogP contribution in [0.1, 0.15) is 11.8 Å². The fourth-order valence-corrected chi connectivity index (χ4v) is 2.83. The van der Waals surface area contributed by atoms with E-state index in [1.54, 1.807) is 6.92 Å². The summed E-state index contributed by atoms with van der Waals surface area (Å²) in [5, 5.41) is 18.9. The van der Waals surface area contributed by atoms with Crippen molar-refractivity contribution >= 4 is 22.6 Å². The summed E-state index contributed by atoms with van der Waals surface area (Å²) in [5.41, 5.74) is -0.662. The quantitative estimate of drug-likeness (QED) is 0.454. The number of aromatic amines is 1. The highest BCUT2D eigenvalue weighted by molar-refractivity contribution is 14.1. The molecule has 4 atom stereocenters. The molecule has 3 N–H and O–H groups in total. The molecule has 0 aromatic carbocycles. The topological polar surface area (TPSA) is 105 Å². The Bertz CT molecular complexity index is 554. The average molecular weight is 368 g/mol. The van der Waals surface area contributed by atoms with E-state index in [4.69, 9.17) is 9.84 Å². The van der Waals surface area contributed by atoms with Crippen molar-refractivity contribution in [2.24, 2.45) is 0 Å². The zero-order chi connectivity index (χ0) is 13.4. The zero-order valence-corrected chi connectivity index (χ0v) is 11.7. The van der Waals surface area contributed by atoms with Gasteiger partial charge in [-0.2, -0.15) is 0 Å². The Hall–Kier alpha value is -0.710. The third kappa shape index (κ3) is 2.25. The summed E-state index contributed by atoms with van der Waals surface area (Å²) in [6, 6.07) is 0. The molecule has 1 aliphatic rings. The third-order valence-corrected chi connectivity index (χ3v) is 4.25. The van der Waals surface area contributed by atoms with E-state index in [0.29, 0.717) is 5.56 Å². The van der Waals surface area contributed by atoms with Crippen molar-refractivity contribution in [3.63, 3.8) is 0 Å². The number of ether oxygens (including phenoxy) is 1. The summed E-state index contributed by atoms with van der Waals surface area (Å²) in [7, 11) is 0. The third-order valence-electron chi connectivity index (χ3n) is 2.89. The van der Waals surface area contributed by atoms with Gasteiger partial charge in [0.2, 0.25) is 0 Å². The number of alkyl halides is 1. The molecule has 18 heavy (non-hydrogen) atoms. The smallest absolute Gasteiger partial charge is 0.330 e. The molecule has 0 bridgehead atoms. The Morgan fingerprint density at radius 2 is 2.22 bits per heavy atom. The number of nitrogens with one attached hydrogen (secondary N) is 1. The van der Waals surface area contributed by atoms with Crippen molar-refractivity contribution in [1.29, 1.82) is 0 Å². The lowest BCUT2D eigenvalue weighted by atomic mass is 10.2. The minimum atomic E-state index is -0.861. The van der Waals surface area contributed by atoms with Crippen molar-refractivity contribution in [3.8, 4) is 0 Å². The maximum Gasteiger partial charge on any atom is 0.330 e. The largest absolute Gasteiger partial charge is 0.394 e. The van der Waals surface area contributed by atoms with Gasteiger partial charge in [-0.3, -0.25) is 14.3 Å². The number of H-pyrrole nitrogens is 1. The Balaban J connectivity index is 2.42. The summed E-state index contributed by atoms with van der Waals surface area (Å²) in [6.45, 7) is 1.25. The van der Waals surface area contributed by atoms with Gasteiger partial charge in [0, 0.05) is 11.8 Å². The van der Waals surface area contributed by atoms with Crippen LogP contribution in [-0.4, -0.2) is 42.5 Å². The molecule has 2 rings (SSSR count). The molecule has 0 amide bonds. The second-order valence-electron chi connectivity index (χ2n) is 4.16. The van der Waals surface area contributed by atoms with E-state index >= 15 is 0 Å². The number of hydrogen-bond donors (Lipinski definition) is 3. The van der Waals surface area contributed by atoms with Gasteiger partial charge in [-0.15, -0.1) is 0 Å². The number of nitrogens with zero attached hydrogens (tertiary/aromatic N) is 1. The number of aliphatic hydroxyl groups excluding tert-OH is 2. The predicted molar refractivity (Wildman–Crippen MR) is 70.9 cm³/mol. The van der Waals surface area contributed by atoms with Crippen LogP contribution in [0.3, 0.4) is 0 Å². The highest BCUT2D eigenvalue weighted by atomic mass is 127. The van der Waals surface area contributed by atoms with Crippen LogP contribution in [0.15, 0.2) is 15.8 Å². The van der Waals surface area contributed by atoms with E-state index in [-0.39, 0.29) is 10.5 Å². The lowest BCUT2D eigenvalue weighted by Crippen LogP contribution is -2.36. The second-order valence-corrected chi connectivity index (χ2v) is 5.60. The van der Waals surface area contributed by atoms with Gasteiger partial charge in [-0.25, -0.2) is 4.79 Å². The number of aromatic nitrogens is 2. The molecule has 0 aliphatic carbocycles. The van der Waals surface area contributed by atoms with Crippen LogP contribution in [0.5, 0.6) is 0 Å². The van der Waals surface area contributed by atoms with E-state index in [1.807, 2.05) is 22.6 Å². The molecule has 8 heteroatoms. The Morgan fingerprint density at radius 3 is 2.78 bits per heavy atom. The lowest BCUT2D eigenvalue weighted by Gasteiger charge is -2.17. The lowest BCUT2D eigenvalue weighted by molar-refractivity contribution is -0.0456. The molecule has 0 spiro atoms. The average Bonchev–Trinajstić information content (AvgIpc) is 2.61. The molecule has 0 saturated carbocycles. The molecule has 1 fully saturated rings. The van der Waals surface area contributed by atoms with Gasteiger partial charge in [0.25, 0.3) is 5.56 Å². The first kappa shape index (κ1) is 13.7. The van der Waals surface area contributed by atoms with E-state index < -0.39 is 29.7 Å². The monoisotopic (exact) mass is 368 g/mol. The first-order valence-electron chi connectivity index (χ1n) is 5.36. The summed E-state index contributed by atoms with van der Waals surface area (Å²) in [5.74, 6) is 0. The molecular weight excluding hydrogens is 355 g/mol. The summed E-state index contributed by atoms with van der Waals surface area (Å²) in [4.78, 5) is 25.2. The molecule has 100 valence electrons. The fraction of sp³-hybridized carbons (Fsp3) is 0.600. The van der Waals surface area contributed by atoms with Crippen LogP contribution in [0.4, 0.5) is 0 Å². The second kappa shape index (κ2) is 5.11. The number of aryl methyl sites for hydroxylation is 1. The molecule has 1 aromatic heterocycles. The molecule has 0 radical (unpaired) electrons. The standard InChI is InChI=1S/C10H13IN2O5/c1-4-2-13(10(17)12-8(4)16)9-6(11)7(15)5(3-14)18-9/h2,5-7,9,14-15H,3H2,1H3,(H,12,16,17)/t5-,6?,7?,9-/m1/s1. The normalized spacial score (nSPS) is 31.8. The van der Waals surface area contributed by atoms with Gasteiger partial charge in [0.1, 0.15) is 6.10 Å². The van der Waals surface area contributed by atoms with E-state index in [0.717, 1.165) is 0 Å². The number of hydrogen-bond acceptors (Lipinski definition) is 5. The molecule has 2 unspecified atom stereocenters. The Morgan fingerprint density at radius 1 is 1.56 bits per heavy atom. The molecular formula is C10H13IN2O5. The Kier molecular flexibility index (Phi) is 3.90. The van der Waals surface area contributed by atoms with Crippen LogP contribution in [0.25, 0.3) is 0 Å². The number of halogens is 1. The number of aliphatic hydroxyl groups is 2. The van der Waals surface area contributed by atoms with Gasteiger partial charge < -0.3 is 14.9 Å². The molecule has 1 aromatic rings. The zero-order valence-electron chi connectivity index (χ0n) is 9.54. The minimum Gasteiger partial charge on any atom is -0.394 e. The van der Waals surface area contributed by atoms with Gasteiger partial charge in [-0.05, 0) is 6.92 Å². The van der Waals surface area contributed by atoms with Crippen LogP contribution < -0.4 is 11.2 Å².